The Labute approximate surface area is 159 Å². The summed E-state index contributed by atoms with van der Waals surface area (Å²) in [4.78, 5) is 0. The fourth-order valence-corrected chi connectivity index (χ4v) is 3.38. The van der Waals surface area contributed by atoms with Gasteiger partial charge in [0.1, 0.15) is 0 Å². The molecule has 0 unspecified atom stereocenters. The number of hydrogen-bond donors (Lipinski definition) is 1. The van der Waals surface area contributed by atoms with Crippen LogP contribution in [0, 0.1) is 6.92 Å². The zero-order valence-corrected chi connectivity index (χ0v) is 15.9. The number of ether oxygens (including phenoxy) is 2. The van der Waals surface area contributed by atoms with Crippen LogP contribution < -0.4 is 14.8 Å². The van der Waals surface area contributed by atoms with Gasteiger partial charge in [0.2, 0.25) is 0 Å². The first-order valence-corrected chi connectivity index (χ1v) is 9.38. The second kappa shape index (κ2) is 7.84. The number of nitrogens with one attached hydrogen (secondary N) is 1. The average Bonchev–Trinajstić information content (AvgIpc) is 2.88. The van der Waals surface area contributed by atoms with Gasteiger partial charge in [-0.1, -0.05) is 29.8 Å². The summed E-state index contributed by atoms with van der Waals surface area (Å²) in [5.74, 6) is 1.61. The summed E-state index contributed by atoms with van der Waals surface area (Å²) in [6.07, 6.45) is 2.98. The number of hydrogen-bond acceptors (Lipinski definition) is 4. The molecule has 0 saturated carbocycles. The number of aromatic nitrogens is 2. The predicted molar refractivity (Wildman–Crippen MR) is 106 cm³/mol. The maximum Gasteiger partial charge on any atom is 0.161 e. The first-order chi connectivity index (χ1) is 13.2. The van der Waals surface area contributed by atoms with Gasteiger partial charge in [0.15, 0.2) is 11.5 Å². The van der Waals surface area contributed by atoms with E-state index in [1.165, 1.54) is 16.7 Å². The van der Waals surface area contributed by atoms with Crippen LogP contribution in [0.1, 0.15) is 23.1 Å². The molecule has 1 aliphatic heterocycles. The van der Waals surface area contributed by atoms with E-state index in [2.05, 4.69) is 53.9 Å². The fraction of sp³-hybridized carbons (Fsp3) is 0.318. The number of fused-ring (bicyclic) bond motifs is 1. The second-order valence-corrected chi connectivity index (χ2v) is 6.98. The average molecular weight is 363 g/mol. The van der Waals surface area contributed by atoms with Crippen molar-refractivity contribution in [2.75, 3.05) is 13.2 Å². The molecule has 0 amide bonds. The van der Waals surface area contributed by atoms with E-state index in [0.717, 1.165) is 42.3 Å². The number of nitrogens with zero attached hydrogens (tertiary/aromatic N) is 2. The monoisotopic (exact) mass is 363 g/mol. The molecule has 0 saturated heterocycles. The van der Waals surface area contributed by atoms with Crippen LogP contribution in [-0.2, 0) is 20.1 Å². The maximum atomic E-state index is 5.83. The Hall–Kier alpha value is -2.79. The molecule has 140 valence electrons. The minimum absolute atomic E-state index is 0.684. The van der Waals surface area contributed by atoms with Crippen molar-refractivity contribution in [3.05, 3.63) is 65.4 Å². The summed E-state index contributed by atoms with van der Waals surface area (Å²) in [5.41, 5.74) is 5.76. The van der Waals surface area contributed by atoms with E-state index in [4.69, 9.17) is 9.47 Å². The molecule has 4 rings (SSSR count). The minimum Gasteiger partial charge on any atom is -0.490 e. The van der Waals surface area contributed by atoms with E-state index in [9.17, 15) is 0 Å². The van der Waals surface area contributed by atoms with Gasteiger partial charge in [0.05, 0.1) is 18.9 Å². The molecule has 3 aromatic rings. The van der Waals surface area contributed by atoms with Crippen molar-refractivity contribution in [2.45, 2.75) is 26.4 Å². The molecule has 5 nitrogen and oxygen atoms in total. The third-order valence-electron chi connectivity index (χ3n) is 4.65. The van der Waals surface area contributed by atoms with Crippen LogP contribution in [0.3, 0.4) is 0 Å². The van der Waals surface area contributed by atoms with Gasteiger partial charge in [-0.05, 0) is 30.7 Å². The van der Waals surface area contributed by atoms with Gasteiger partial charge in [-0.25, -0.2) is 0 Å². The van der Waals surface area contributed by atoms with Gasteiger partial charge < -0.3 is 14.8 Å². The van der Waals surface area contributed by atoms with Crippen LogP contribution in [0.25, 0.3) is 11.3 Å². The van der Waals surface area contributed by atoms with Gasteiger partial charge in [0, 0.05) is 43.9 Å². The smallest absolute Gasteiger partial charge is 0.161 e. The van der Waals surface area contributed by atoms with Crippen molar-refractivity contribution >= 4 is 0 Å². The predicted octanol–water partition coefficient (Wildman–Crippen LogP) is 3.85. The van der Waals surface area contributed by atoms with Crippen molar-refractivity contribution in [3.63, 3.8) is 0 Å². The molecule has 1 aliphatic rings. The fourth-order valence-electron chi connectivity index (χ4n) is 3.38. The second-order valence-electron chi connectivity index (χ2n) is 6.98. The van der Waals surface area contributed by atoms with Crippen LogP contribution in [0.2, 0.25) is 0 Å². The summed E-state index contributed by atoms with van der Waals surface area (Å²) < 4.78 is 13.4. The number of rotatable bonds is 5. The summed E-state index contributed by atoms with van der Waals surface area (Å²) in [5, 5.41) is 8.21. The van der Waals surface area contributed by atoms with Crippen molar-refractivity contribution in [2.24, 2.45) is 7.05 Å². The molecule has 0 bridgehead atoms. The highest BCUT2D eigenvalue weighted by Crippen LogP contribution is 2.34. The van der Waals surface area contributed by atoms with E-state index in [-0.39, 0.29) is 0 Å². The number of benzene rings is 2. The highest BCUT2D eigenvalue weighted by atomic mass is 16.5. The largest absolute Gasteiger partial charge is 0.490 e. The van der Waals surface area contributed by atoms with Gasteiger partial charge >= 0.3 is 0 Å². The van der Waals surface area contributed by atoms with Crippen LogP contribution in [0.5, 0.6) is 11.5 Å². The zero-order valence-electron chi connectivity index (χ0n) is 15.9. The highest BCUT2D eigenvalue weighted by Gasteiger charge is 2.15. The molecule has 0 spiro atoms. The van der Waals surface area contributed by atoms with Crippen molar-refractivity contribution in [1.82, 2.24) is 15.1 Å². The van der Waals surface area contributed by atoms with Gasteiger partial charge in [-0.3, -0.25) is 4.68 Å². The standard InChI is InChI=1S/C22H25N3O2/c1-16-5-3-6-17(11-16)13-23-14-19-15-25(2)24-22(19)18-7-8-20-21(12-18)27-10-4-9-26-20/h3,5-8,11-12,15,23H,4,9-10,13-14H2,1-2H3. The third-order valence-corrected chi connectivity index (χ3v) is 4.65. The van der Waals surface area contributed by atoms with Crippen LogP contribution >= 0.6 is 0 Å². The normalized spacial score (nSPS) is 13.4. The molecule has 1 N–H and O–H groups in total. The zero-order chi connectivity index (χ0) is 18.6. The Morgan fingerprint density at radius 1 is 1.04 bits per heavy atom. The molecule has 2 aromatic carbocycles. The van der Waals surface area contributed by atoms with Gasteiger partial charge in [0.25, 0.3) is 0 Å². The first-order valence-electron chi connectivity index (χ1n) is 9.38. The van der Waals surface area contributed by atoms with Crippen molar-refractivity contribution in [1.29, 1.82) is 0 Å². The van der Waals surface area contributed by atoms with Gasteiger partial charge in [-0.15, -0.1) is 0 Å². The van der Waals surface area contributed by atoms with Crippen molar-refractivity contribution < 1.29 is 9.47 Å². The van der Waals surface area contributed by atoms with Crippen LogP contribution in [0.4, 0.5) is 0 Å². The van der Waals surface area contributed by atoms with Crippen molar-refractivity contribution in [3.8, 4) is 22.8 Å². The van der Waals surface area contributed by atoms with E-state index in [1.54, 1.807) is 0 Å². The molecule has 0 fully saturated rings. The summed E-state index contributed by atoms with van der Waals surface area (Å²) >= 11 is 0. The lowest BCUT2D eigenvalue weighted by atomic mass is 10.1. The first kappa shape index (κ1) is 17.6. The summed E-state index contributed by atoms with van der Waals surface area (Å²) in [7, 11) is 1.95. The lowest BCUT2D eigenvalue weighted by Gasteiger charge is -2.10. The van der Waals surface area contributed by atoms with Gasteiger partial charge in [-0.2, -0.15) is 5.10 Å². The highest BCUT2D eigenvalue weighted by molar-refractivity contribution is 5.66. The van der Waals surface area contributed by atoms with E-state index < -0.39 is 0 Å². The quantitative estimate of drug-likeness (QED) is 0.748. The minimum atomic E-state index is 0.684. The molecule has 27 heavy (non-hydrogen) atoms. The lowest BCUT2D eigenvalue weighted by Crippen LogP contribution is -2.13. The Balaban J connectivity index is 1.52. The van der Waals surface area contributed by atoms with Crippen LogP contribution in [0.15, 0.2) is 48.7 Å². The summed E-state index contributed by atoms with van der Waals surface area (Å²) in [6.45, 7) is 5.09. The van der Waals surface area contributed by atoms with E-state index in [1.807, 2.05) is 23.9 Å². The topological polar surface area (TPSA) is 48.3 Å². The SMILES string of the molecule is Cc1cccc(CNCc2cn(C)nc2-c2ccc3c(c2)OCCCO3)c1. The molecule has 2 heterocycles. The molecular formula is C22H25N3O2. The third kappa shape index (κ3) is 4.14. The Bertz CT molecular complexity index is 933. The van der Waals surface area contributed by atoms with E-state index in [0.29, 0.717) is 13.2 Å². The molecule has 0 radical (unpaired) electrons. The molecule has 0 atom stereocenters. The molecule has 5 heteroatoms. The Morgan fingerprint density at radius 3 is 2.74 bits per heavy atom. The van der Waals surface area contributed by atoms with E-state index >= 15 is 0 Å². The Kier molecular flexibility index (Phi) is 5.12. The Morgan fingerprint density at radius 2 is 1.89 bits per heavy atom. The van der Waals surface area contributed by atoms with Crippen LogP contribution in [-0.4, -0.2) is 23.0 Å². The summed E-state index contributed by atoms with van der Waals surface area (Å²) in [6, 6.07) is 14.6. The number of aryl methyl sites for hydroxylation is 2. The maximum absolute atomic E-state index is 5.83. The molecule has 1 aromatic heterocycles. The lowest BCUT2D eigenvalue weighted by molar-refractivity contribution is 0.297. The molecular weight excluding hydrogens is 338 g/mol. The molecule has 0 aliphatic carbocycles.